The first-order valence-corrected chi connectivity index (χ1v) is 7.13. The molecule has 1 saturated heterocycles. The summed E-state index contributed by atoms with van der Waals surface area (Å²) in [5.74, 6) is -0.144. The van der Waals surface area contributed by atoms with Crippen molar-refractivity contribution in [1.82, 2.24) is 4.90 Å². The van der Waals surface area contributed by atoms with Gasteiger partial charge in [0.1, 0.15) is 5.82 Å². The van der Waals surface area contributed by atoms with Crippen LogP contribution < -0.4 is 10.6 Å². The van der Waals surface area contributed by atoms with Gasteiger partial charge in [0.2, 0.25) is 0 Å². The monoisotopic (exact) mass is 265 g/mol. The molecule has 2 N–H and O–H groups in total. The normalized spacial score (nSPS) is 15.9. The number of likely N-dealkylation sites (N-methyl/N-ethyl adjacent to an activating group) is 1. The van der Waals surface area contributed by atoms with Gasteiger partial charge in [-0.05, 0) is 50.5 Å². The van der Waals surface area contributed by atoms with E-state index in [0.717, 1.165) is 25.1 Å². The number of rotatable bonds is 6. The van der Waals surface area contributed by atoms with E-state index in [0.29, 0.717) is 12.2 Å². The van der Waals surface area contributed by atoms with Gasteiger partial charge in [-0.2, -0.15) is 0 Å². The molecule has 106 valence electrons. The third kappa shape index (κ3) is 3.67. The van der Waals surface area contributed by atoms with Gasteiger partial charge in [0.25, 0.3) is 0 Å². The second kappa shape index (κ2) is 6.87. The predicted molar refractivity (Wildman–Crippen MR) is 78.1 cm³/mol. The van der Waals surface area contributed by atoms with Crippen molar-refractivity contribution in [1.29, 1.82) is 0 Å². The van der Waals surface area contributed by atoms with Crippen LogP contribution in [0.3, 0.4) is 0 Å². The van der Waals surface area contributed by atoms with Gasteiger partial charge in [-0.3, -0.25) is 0 Å². The van der Waals surface area contributed by atoms with Gasteiger partial charge in [-0.15, -0.1) is 0 Å². The van der Waals surface area contributed by atoms with Crippen molar-refractivity contribution in [3.8, 4) is 0 Å². The minimum atomic E-state index is -0.144. The molecule has 0 aromatic heterocycles. The molecule has 0 amide bonds. The van der Waals surface area contributed by atoms with Crippen LogP contribution in [0.2, 0.25) is 0 Å². The van der Waals surface area contributed by atoms with E-state index in [1.54, 1.807) is 6.07 Å². The number of anilines is 1. The number of likely N-dealkylation sites (tertiary alicyclic amines) is 1. The Bertz CT molecular complexity index is 402. The average Bonchev–Trinajstić information content (AvgIpc) is 2.90. The number of halogens is 1. The smallest absolute Gasteiger partial charge is 0.146 e. The second-order valence-electron chi connectivity index (χ2n) is 5.26. The Kier molecular flexibility index (Phi) is 5.16. The first-order valence-electron chi connectivity index (χ1n) is 7.13. The second-order valence-corrected chi connectivity index (χ2v) is 5.26. The molecule has 0 saturated carbocycles. The third-order valence-corrected chi connectivity index (χ3v) is 3.82. The van der Waals surface area contributed by atoms with E-state index in [9.17, 15) is 4.39 Å². The lowest BCUT2D eigenvalue weighted by molar-refractivity contribution is 0.346. The van der Waals surface area contributed by atoms with E-state index in [4.69, 9.17) is 5.73 Å². The molecule has 0 unspecified atom stereocenters. The Labute approximate surface area is 115 Å². The van der Waals surface area contributed by atoms with Crippen LogP contribution in [0.1, 0.15) is 18.4 Å². The van der Waals surface area contributed by atoms with Crippen molar-refractivity contribution in [2.24, 2.45) is 5.73 Å². The van der Waals surface area contributed by atoms with Gasteiger partial charge in [0.05, 0.1) is 5.69 Å². The molecule has 0 atom stereocenters. The minimum absolute atomic E-state index is 0.144. The number of para-hydroxylation sites is 1. The van der Waals surface area contributed by atoms with Crippen LogP contribution in [0.15, 0.2) is 18.2 Å². The summed E-state index contributed by atoms with van der Waals surface area (Å²) in [5.41, 5.74) is 7.32. The Morgan fingerprint density at radius 2 is 2.05 bits per heavy atom. The van der Waals surface area contributed by atoms with Gasteiger partial charge in [0.15, 0.2) is 0 Å². The molecule has 3 nitrogen and oxygen atoms in total. The standard InChI is InChI=1S/C15H24FN3/c1-18(11-12-19-9-2-3-10-19)15-13(7-8-17)5-4-6-14(15)16/h4-6H,2-3,7-12,17H2,1H3. The highest BCUT2D eigenvalue weighted by molar-refractivity contribution is 5.54. The van der Waals surface area contributed by atoms with E-state index in [1.807, 2.05) is 18.0 Å². The first-order chi connectivity index (χ1) is 9.22. The lowest BCUT2D eigenvalue weighted by Crippen LogP contribution is -2.32. The molecule has 19 heavy (non-hydrogen) atoms. The molecule has 0 bridgehead atoms. The number of nitrogens with zero attached hydrogens (tertiary/aromatic N) is 2. The summed E-state index contributed by atoms with van der Waals surface area (Å²) in [7, 11) is 1.97. The van der Waals surface area contributed by atoms with Crippen LogP contribution in [0, 0.1) is 5.82 Å². The summed E-state index contributed by atoms with van der Waals surface area (Å²) < 4.78 is 14.0. The van der Waals surface area contributed by atoms with Gasteiger partial charge < -0.3 is 15.5 Å². The van der Waals surface area contributed by atoms with E-state index < -0.39 is 0 Å². The zero-order valence-electron chi connectivity index (χ0n) is 11.7. The lowest BCUT2D eigenvalue weighted by atomic mass is 10.1. The minimum Gasteiger partial charge on any atom is -0.371 e. The zero-order valence-corrected chi connectivity index (χ0v) is 11.7. The van der Waals surface area contributed by atoms with Crippen LogP contribution in [0.4, 0.5) is 10.1 Å². The van der Waals surface area contributed by atoms with Crippen LogP contribution in [0.5, 0.6) is 0 Å². The van der Waals surface area contributed by atoms with Crippen LogP contribution in [-0.2, 0) is 6.42 Å². The van der Waals surface area contributed by atoms with Gasteiger partial charge in [0, 0.05) is 20.1 Å². The van der Waals surface area contributed by atoms with Gasteiger partial charge in [-0.1, -0.05) is 12.1 Å². The maximum Gasteiger partial charge on any atom is 0.146 e. The molecule has 1 aromatic carbocycles. The molecule has 1 aliphatic heterocycles. The van der Waals surface area contributed by atoms with Crippen molar-refractivity contribution >= 4 is 5.69 Å². The molecule has 1 fully saturated rings. The summed E-state index contributed by atoms with van der Waals surface area (Å²) in [4.78, 5) is 4.47. The van der Waals surface area contributed by atoms with Crippen molar-refractivity contribution in [2.75, 3.05) is 44.7 Å². The maximum absolute atomic E-state index is 14.0. The summed E-state index contributed by atoms with van der Waals surface area (Å²) in [6, 6.07) is 5.26. The van der Waals surface area contributed by atoms with E-state index in [1.165, 1.54) is 32.0 Å². The molecule has 4 heteroatoms. The summed E-state index contributed by atoms with van der Waals surface area (Å²) in [6.07, 6.45) is 3.31. The Morgan fingerprint density at radius 1 is 1.32 bits per heavy atom. The molecule has 1 aromatic rings. The van der Waals surface area contributed by atoms with Crippen molar-refractivity contribution in [3.05, 3.63) is 29.6 Å². The Balaban J connectivity index is 2.02. The maximum atomic E-state index is 14.0. The van der Waals surface area contributed by atoms with Crippen LogP contribution in [0.25, 0.3) is 0 Å². The number of hydrogen-bond donors (Lipinski definition) is 1. The highest BCUT2D eigenvalue weighted by atomic mass is 19.1. The Hall–Kier alpha value is -1.13. The number of nitrogens with two attached hydrogens (primary N) is 1. The van der Waals surface area contributed by atoms with Gasteiger partial charge >= 0.3 is 0 Å². The zero-order chi connectivity index (χ0) is 13.7. The largest absolute Gasteiger partial charge is 0.371 e. The molecule has 1 aliphatic rings. The molecule has 0 radical (unpaired) electrons. The third-order valence-electron chi connectivity index (χ3n) is 3.82. The lowest BCUT2D eigenvalue weighted by Gasteiger charge is -2.25. The topological polar surface area (TPSA) is 32.5 Å². The van der Waals surface area contributed by atoms with Crippen molar-refractivity contribution in [2.45, 2.75) is 19.3 Å². The highest BCUT2D eigenvalue weighted by Crippen LogP contribution is 2.24. The fourth-order valence-electron chi connectivity index (χ4n) is 2.75. The number of benzene rings is 1. The Morgan fingerprint density at radius 3 is 2.74 bits per heavy atom. The molecule has 1 heterocycles. The predicted octanol–water partition coefficient (Wildman–Crippen LogP) is 1.86. The first kappa shape index (κ1) is 14.3. The SMILES string of the molecule is CN(CCN1CCCC1)c1c(F)cccc1CCN. The summed E-state index contributed by atoms with van der Waals surface area (Å²) >= 11 is 0. The molecular weight excluding hydrogens is 241 g/mol. The number of hydrogen-bond acceptors (Lipinski definition) is 3. The van der Waals surface area contributed by atoms with E-state index >= 15 is 0 Å². The molecule has 0 aliphatic carbocycles. The van der Waals surface area contributed by atoms with E-state index in [2.05, 4.69) is 4.90 Å². The quantitative estimate of drug-likeness (QED) is 0.852. The van der Waals surface area contributed by atoms with Crippen LogP contribution in [-0.4, -0.2) is 44.7 Å². The molecule has 0 spiro atoms. The fourth-order valence-corrected chi connectivity index (χ4v) is 2.75. The van der Waals surface area contributed by atoms with Crippen molar-refractivity contribution in [3.63, 3.8) is 0 Å². The van der Waals surface area contributed by atoms with Crippen LogP contribution >= 0.6 is 0 Å². The summed E-state index contributed by atoms with van der Waals surface area (Å²) in [6.45, 7) is 4.78. The molecule has 2 rings (SSSR count). The fraction of sp³-hybridized carbons (Fsp3) is 0.600. The highest BCUT2D eigenvalue weighted by Gasteiger charge is 2.15. The van der Waals surface area contributed by atoms with E-state index in [-0.39, 0.29) is 5.82 Å². The molecular formula is C15H24FN3. The van der Waals surface area contributed by atoms with Gasteiger partial charge in [-0.25, -0.2) is 4.39 Å². The summed E-state index contributed by atoms with van der Waals surface area (Å²) in [5, 5.41) is 0. The average molecular weight is 265 g/mol. The van der Waals surface area contributed by atoms with Crippen molar-refractivity contribution < 1.29 is 4.39 Å².